The van der Waals surface area contributed by atoms with Gasteiger partial charge < -0.3 is 10.2 Å². The topological polar surface area (TPSA) is 62.3 Å². The Morgan fingerprint density at radius 1 is 1.12 bits per heavy atom. The number of rotatable bonds is 6. The first kappa shape index (κ1) is 20.4. The second-order valence-corrected chi connectivity index (χ2v) is 8.84. The summed E-state index contributed by atoms with van der Waals surface area (Å²) in [7, 11) is 0. The Bertz CT molecular complexity index is 1250. The Hall–Kier alpha value is -3.51. The number of nitrogens with one attached hydrogen (secondary N) is 1. The third-order valence-corrected chi connectivity index (χ3v) is 6.53. The van der Waals surface area contributed by atoms with E-state index in [9.17, 15) is 9.59 Å². The van der Waals surface area contributed by atoms with Crippen LogP contribution in [0, 0.1) is 0 Å². The lowest BCUT2D eigenvalue weighted by atomic mass is 9.98. The number of carbonyl (C=O) groups is 2. The van der Waals surface area contributed by atoms with Crippen LogP contribution in [-0.4, -0.2) is 34.3 Å². The van der Waals surface area contributed by atoms with E-state index in [1.54, 1.807) is 22.4 Å². The molecule has 1 saturated heterocycles. The summed E-state index contributed by atoms with van der Waals surface area (Å²) < 4.78 is 0. The van der Waals surface area contributed by atoms with E-state index in [0.29, 0.717) is 25.1 Å². The standard InChI is InChI=1S/C26H23N3O2S/c30-25-10-8-22(28-25)16-29(15-21-5-1-2-12-27-21)26(31)19-7-9-24-18(14-19)4-3-6-23(24)20-11-13-32-17-20/h1-7,9,11-14,17,22H,8,10,15-16H2,(H,28,30)/t22-/m0/s1. The van der Waals surface area contributed by atoms with Crippen molar-refractivity contribution in [3.05, 3.63) is 88.9 Å². The molecule has 160 valence electrons. The maximum Gasteiger partial charge on any atom is 0.254 e. The number of benzene rings is 2. The fourth-order valence-electron chi connectivity index (χ4n) is 4.26. The molecule has 0 radical (unpaired) electrons. The third kappa shape index (κ3) is 4.27. The van der Waals surface area contributed by atoms with Crippen LogP contribution in [0.2, 0.25) is 0 Å². The van der Waals surface area contributed by atoms with Gasteiger partial charge in [0.15, 0.2) is 0 Å². The molecule has 5 nitrogen and oxygen atoms in total. The highest BCUT2D eigenvalue weighted by Crippen LogP contribution is 2.31. The zero-order valence-corrected chi connectivity index (χ0v) is 18.3. The van der Waals surface area contributed by atoms with Crippen LogP contribution in [0.4, 0.5) is 0 Å². The summed E-state index contributed by atoms with van der Waals surface area (Å²) in [5.74, 6) is -0.00783. The van der Waals surface area contributed by atoms with Crippen molar-refractivity contribution in [1.82, 2.24) is 15.2 Å². The van der Waals surface area contributed by atoms with Gasteiger partial charge >= 0.3 is 0 Å². The van der Waals surface area contributed by atoms with Gasteiger partial charge in [-0.1, -0.05) is 30.3 Å². The van der Waals surface area contributed by atoms with E-state index >= 15 is 0 Å². The summed E-state index contributed by atoms with van der Waals surface area (Å²) in [6.45, 7) is 0.868. The molecule has 2 amide bonds. The van der Waals surface area contributed by atoms with Gasteiger partial charge in [-0.2, -0.15) is 11.3 Å². The van der Waals surface area contributed by atoms with Crippen LogP contribution in [0.1, 0.15) is 28.9 Å². The molecule has 1 fully saturated rings. The Kier molecular flexibility index (Phi) is 5.69. The van der Waals surface area contributed by atoms with Gasteiger partial charge in [-0.25, -0.2) is 0 Å². The molecule has 32 heavy (non-hydrogen) atoms. The summed E-state index contributed by atoms with van der Waals surface area (Å²) in [4.78, 5) is 31.4. The molecule has 1 aliphatic heterocycles. The van der Waals surface area contributed by atoms with Crippen LogP contribution in [0.25, 0.3) is 21.9 Å². The second kappa shape index (κ2) is 8.93. The highest BCUT2D eigenvalue weighted by atomic mass is 32.1. The molecule has 0 saturated carbocycles. The molecule has 0 unspecified atom stereocenters. The fraction of sp³-hybridized carbons (Fsp3) is 0.192. The lowest BCUT2D eigenvalue weighted by molar-refractivity contribution is -0.119. The van der Waals surface area contributed by atoms with E-state index in [0.717, 1.165) is 22.9 Å². The van der Waals surface area contributed by atoms with Gasteiger partial charge in [0.25, 0.3) is 5.91 Å². The van der Waals surface area contributed by atoms with Crippen molar-refractivity contribution in [2.75, 3.05) is 6.54 Å². The third-order valence-electron chi connectivity index (χ3n) is 5.85. The first-order valence-corrected chi connectivity index (χ1v) is 11.7. The minimum atomic E-state index is -0.0559. The first-order valence-electron chi connectivity index (χ1n) is 10.7. The molecule has 4 aromatic rings. The van der Waals surface area contributed by atoms with Gasteiger partial charge in [-0.05, 0) is 69.4 Å². The van der Waals surface area contributed by atoms with Crippen molar-refractivity contribution in [3.63, 3.8) is 0 Å². The van der Waals surface area contributed by atoms with Gasteiger partial charge in [-0.3, -0.25) is 14.6 Å². The Balaban J connectivity index is 1.46. The maximum atomic E-state index is 13.6. The number of carbonyl (C=O) groups excluding carboxylic acids is 2. The highest BCUT2D eigenvalue weighted by Gasteiger charge is 2.26. The molecule has 5 rings (SSSR count). The number of pyridine rings is 1. The zero-order chi connectivity index (χ0) is 21.9. The van der Waals surface area contributed by atoms with Gasteiger partial charge in [0.2, 0.25) is 5.91 Å². The highest BCUT2D eigenvalue weighted by molar-refractivity contribution is 7.08. The van der Waals surface area contributed by atoms with Crippen LogP contribution < -0.4 is 5.32 Å². The number of thiophene rings is 1. The average molecular weight is 442 g/mol. The molecule has 6 heteroatoms. The molecule has 1 aliphatic rings. The SMILES string of the molecule is O=C1CC[C@@H](CN(Cc2ccccn2)C(=O)c2ccc3c(-c4ccsc4)cccc3c2)N1. The van der Waals surface area contributed by atoms with Crippen molar-refractivity contribution in [3.8, 4) is 11.1 Å². The second-order valence-electron chi connectivity index (χ2n) is 8.06. The minimum Gasteiger partial charge on any atom is -0.352 e. The van der Waals surface area contributed by atoms with Gasteiger partial charge in [0, 0.05) is 30.8 Å². The lowest BCUT2D eigenvalue weighted by Crippen LogP contribution is -2.41. The van der Waals surface area contributed by atoms with E-state index < -0.39 is 0 Å². The molecule has 1 atom stereocenters. The van der Waals surface area contributed by atoms with Crippen molar-refractivity contribution in [2.24, 2.45) is 0 Å². The Morgan fingerprint density at radius 2 is 2.06 bits per heavy atom. The van der Waals surface area contributed by atoms with Crippen molar-refractivity contribution < 1.29 is 9.59 Å². The lowest BCUT2D eigenvalue weighted by Gasteiger charge is -2.26. The van der Waals surface area contributed by atoms with Crippen LogP contribution >= 0.6 is 11.3 Å². The van der Waals surface area contributed by atoms with E-state index in [1.165, 1.54) is 11.1 Å². The molecule has 2 aromatic heterocycles. The van der Waals surface area contributed by atoms with Crippen LogP contribution in [0.15, 0.2) is 77.6 Å². The largest absolute Gasteiger partial charge is 0.352 e. The van der Waals surface area contributed by atoms with Gasteiger partial charge in [0.1, 0.15) is 0 Å². The number of amides is 2. The van der Waals surface area contributed by atoms with Crippen LogP contribution in [0.3, 0.4) is 0 Å². The molecule has 1 N–H and O–H groups in total. The summed E-state index contributed by atoms with van der Waals surface area (Å²) in [5, 5.41) is 9.35. The summed E-state index contributed by atoms with van der Waals surface area (Å²) >= 11 is 1.67. The predicted octanol–water partition coefficient (Wildman–Crippen LogP) is 4.88. The van der Waals surface area contributed by atoms with Crippen molar-refractivity contribution in [2.45, 2.75) is 25.4 Å². The van der Waals surface area contributed by atoms with E-state index in [4.69, 9.17) is 0 Å². The van der Waals surface area contributed by atoms with E-state index in [1.807, 2.05) is 48.5 Å². The number of hydrogen-bond acceptors (Lipinski definition) is 4. The molecular weight excluding hydrogens is 418 g/mol. The first-order chi connectivity index (χ1) is 15.7. The van der Waals surface area contributed by atoms with Gasteiger partial charge in [0.05, 0.1) is 12.2 Å². The van der Waals surface area contributed by atoms with Crippen LogP contribution in [0.5, 0.6) is 0 Å². The number of nitrogens with zero attached hydrogens (tertiary/aromatic N) is 2. The molecule has 0 bridgehead atoms. The van der Waals surface area contributed by atoms with Crippen molar-refractivity contribution in [1.29, 1.82) is 0 Å². The van der Waals surface area contributed by atoms with Crippen LogP contribution in [-0.2, 0) is 11.3 Å². The smallest absolute Gasteiger partial charge is 0.254 e. The van der Waals surface area contributed by atoms with Crippen molar-refractivity contribution >= 4 is 33.9 Å². The average Bonchev–Trinajstić information content (AvgIpc) is 3.50. The van der Waals surface area contributed by atoms with E-state index in [2.05, 4.69) is 33.2 Å². The number of fused-ring (bicyclic) bond motifs is 1. The van der Waals surface area contributed by atoms with Gasteiger partial charge in [-0.15, -0.1) is 0 Å². The summed E-state index contributed by atoms with van der Waals surface area (Å²) in [5.41, 5.74) is 3.82. The molecule has 2 aromatic carbocycles. The fourth-order valence-corrected chi connectivity index (χ4v) is 4.91. The normalized spacial score (nSPS) is 15.6. The molecule has 3 heterocycles. The summed E-state index contributed by atoms with van der Waals surface area (Å²) in [6.07, 6.45) is 2.99. The number of aromatic nitrogens is 1. The maximum absolute atomic E-state index is 13.6. The Morgan fingerprint density at radius 3 is 2.81 bits per heavy atom. The monoisotopic (exact) mass is 441 g/mol. The predicted molar refractivity (Wildman–Crippen MR) is 127 cm³/mol. The minimum absolute atomic E-state index is 0.0270. The molecular formula is C26H23N3O2S. The molecule has 0 aliphatic carbocycles. The zero-order valence-electron chi connectivity index (χ0n) is 17.5. The van der Waals surface area contributed by atoms with E-state index in [-0.39, 0.29) is 17.9 Å². The Labute approximate surface area is 190 Å². The quantitative estimate of drug-likeness (QED) is 0.464. The summed E-state index contributed by atoms with van der Waals surface area (Å²) in [6, 6.07) is 19.9. The number of hydrogen-bond donors (Lipinski definition) is 1. The molecule has 0 spiro atoms.